The van der Waals surface area contributed by atoms with E-state index in [2.05, 4.69) is 12.2 Å². The lowest BCUT2D eigenvalue weighted by Crippen LogP contribution is -2.15. The molecule has 0 saturated carbocycles. The van der Waals surface area contributed by atoms with Gasteiger partial charge in [0.25, 0.3) is 0 Å². The number of rotatable bonds is 22. The van der Waals surface area contributed by atoms with Crippen molar-refractivity contribution in [2.75, 3.05) is 21.0 Å². The molecule has 62 heavy (non-hydrogen) atoms. The Bertz CT molecular complexity index is 2370. The summed E-state index contributed by atoms with van der Waals surface area (Å²) in [6, 6.07) is 43.5. The monoisotopic (exact) mass is 834 g/mol. The molecule has 0 spiro atoms. The maximum atomic E-state index is 13.3. The van der Waals surface area contributed by atoms with E-state index in [4.69, 9.17) is 33.2 Å². The van der Waals surface area contributed by atoms with Crippen LogP contribution in [0.1, 0.15) is 78.3 Å². The summed E-state index contributed by atoms with van der Waals surface area (Å²) >= 11 is 0. The van der Waals surface area contributed by atoms with E-state index in [1.54, 1.807) is 14.2 Å². The van der Waals surface area contributed by atoms with Crippen LogP contribution in [0.3, 0.4) is 0 Å². The third kappa shape index (κ3) is 12.3. The van der Waals surface area contributed by atoms with Crippen LogP contribution in [0.5, 0.6) is 34.5 Å². The Balaban J connectivity index is 1.61. The minimum absolute atomic E-state index is 0.0978. The van der Waals surface area contributed by atoms with Crippen LogP contribution in [-0.2, 0) is 44.0 Å². The fourth-order valence-electron chi connectivity index (χ4n) is 6.99. The summed E-state index contributed by atoms with van der Waals surface area (Å²) in [5, 5.41) is 13.3. The average Bonchev–Trinajstić information content (AvgIpc) is 3.30. The lowest BCUT2D eigenvalue weighted by Gasteiger charge is -2.28. The molecule has 0 fully saturated rings. The van der Waals surface area contributed by atoms with Gasteiger partial charge in [-0.25, -0.2) is 0 Å². The molecule has 8 heteroatoms. The number of aliphatic hydroxyl groups is 1. The molecule has 8 nitrogen and oxygen atoms in total. The second-order valence-corrected chi connectivity index (χ2v) is 15.4. The number of benzene rings is 6. The van der Waals surface area contributed by atoms with Crippen molar-refractivity contribution in [3.63, 3.8) is 0 Å². The third-order valence-corrected chi connectivity index (χ3v) is 10.1. The first-order valence-corrected chi connectivity index (χ1v) is 20.9. The molecular formula is C54H58O8. The maximum absolute atomic E-state index is 13.3. The molecule has 0 amide bonds. The highest BCUT2D eigenvalue weighted by atomic mass is 16.7. The summed E-state index contributed by atoms with van der Waals surface area (Å²) in [6.07, 6.45) is 3.69. The number of aliphatic hydroxyl groups excluding tert-OH is 1. The van der Waals surface area contributed by atoms with Crippen LogP contribution in [0.25, 0.3) is 0 Å². The first-order chi connectivity index (χ1) is 30.2. The first kappa shape index (κ1) is 45.1. The zero-order valence-electron chi connectivity index (χ0n) is 36.7. The summed E-state index contributed by atoms with van der Waals surface area (Å²) in [5.41, 5.74) is 8.41. The van der Waals surface area contributed by atoms with Crippen molar-refractivity contribution in [2.24, 2.45) is 0 Å². The highest BCUT2D eigenvalue weighted by Crippen LogP contribution is 2.51. The molecule has 6 aromatic rings. The van der Waals surface area contributed by atoms with E-state index >= 15 is 0 Å². The molecule has 6 rings (SSSR count). The van der Waals surface area contributed by atoms with Crippen molar-refractivity contribution in [1.82, 2.24) is 0 Å². The van der Waals surface area contributed by atoms with Crippen molar-refractivity contribution in [2.45, 2.75) is 73.1 Å². The number of ether oxygens (including phenoxy) is 7. The summed E-state index contributed by atoms with van der Waals surface area (Å²) in [6.45, 7) is 9.13. The number of hydrogen-bond donors (Lipinski definition) is 1. The molecule has 322 valence electrons. The van der Waals surface area contributed by atoms with Crippen LogP contribution in [0.2, 0.25) is 0 Å². The highest BCUT2D eigenvalue weighted by Gasteiger charge is 2.33. The van der Waals surface area contributed by atoms with Gasteiger partial charge >= 0.3 is 0 Å². The molecule has 0 aliphatic rings. The van der Waals surface area contributed by atoms with Crippen molar-refractivity contribution >= 4 is 0 Å². The maximum Gasteiger partial charge on any atom is 0.188 e. The van der Waals surface area contributed by atoms with E-state index in [1.807, 2.05) is 161 Å². The summed E-state index contributed by atoms with van der Waals surface area (Å²) in [4.78, 5) is 0. The largest absolute Gasteiger partial charge is 0.493 e. The Labute approximate surface area is 366 Å². The Morgan fingerprint density at radius 2 is 0.855 bits per heavy atom. The van der Waals surface area contributed by atoms with E-state index in [0.717, 1.165) is 39.0 Å². The topological polar surface area (TPSA) is 84.8 Å². The molecule has 6 aromatic carbocycles. The molecule has 1 unspecified atom stereocenters. The molecule has 0 saturated heterocycles. The van der Waals surface area contributed by atoms with Gasteiger partial charge in [0.05, 0.1) is 12.7 Å². The molecule has 0 bridgehead atoms. The Kier molecular flexibility index (Phi) is 16.7. The third-order valence-electron chi connectivity index (χ3n) is 10.1. The van der Waals surface area contributed by atoms with Gasteiger partial charge in [-0.1, -0.05) is 145 Å². The standard InChI is InChI=1S/C54H58O8/c1-38(2)27-29-44-46(58-33-40-19-11-7-12-20-40)31-48(60-35-42-23-15-9-16-24-42)51(54(44)62-37-56-5)52(55)50-45(30-28-39(3)4)53(57-6)49(61-36-43-25-17-10-18-26-43)32-47(50)59-34-41-21-13-8-14-22-41/h7-28,31-32,52,55H,29-30,33-37H2,1-6H3. The lowest BCUT2D eigenvalue weighted by molar-refractivity contribution is 0.0473. The smallest absolute Gasteiger partial charge is 0.188 e. The predicted molar refractivity (Wildman–Crippen MR) is 245 cm³/mol. The number of allylic oxidation sites excluding steroid dienone is 4. The average molecular weight is 835 g/mol. The molecule has 1 N–H and O–H groups in total. The zero-order valence-corrected chi connectivity index (χ0v) is 36.7. The van der Waals surface area contributed by atoms with E-state index in [0.29, 0.717) is 77.2 Å². The van der Waals surface area contributed by atoms with Crippen LogP contribution >= 0.6 is 0 Å². The molecule has 0 aliphatic heterocycles. The van der Waals surface area contributed by atoms with Gasteiger partial charge < -0.3 is 38.3 Å². The Morgan fingerprint density at radius 3 is 1.27 bits per heavy atom. The van der Waals surface area contributed by atoms with Crippen LogP contribution < -0.4 is 28.4 Å². The summed E-state index contributed by atoms with van der Waals surface area (Å²) < 4.78 is 45.0. The SMILES string of the molecule is COCOc1c(CC=C(C)C)c(OCc2ccccc2)cc(OCc2ccccc2)c1C(O)c1c(OCc2ccccc2)cc(OCc2ccccc2)c(OC)c1CC=C(C)C. The van der Waals surface area contributed by atoms with Crippen molar-refractivity contribution in [1.29, 1.82) is 0 Å². The minimum atomic E-state index is -1.37. The van der Waals surface area contributed by atoms with E-state index in [1.165, 1.54) is 0 Å². The summed E-state index contributed by atoms with van der Waals surface area (Å²) in [5.74, 6) is 2.71. The van der Waals surface area contributed by atoms with Crippen molar-refractivity contribution in [3.8, 4) is 34.5 Å². The normalized spacial score (nSPS) is 11.3. The second-order valence-electron chi connectivity index (χ2n) is 15.4. The molecular weight excluding hydrogens is 777 g/mol. The van der Waals surface area contributed by atoms with Gasteiger partial charge in [0.2, 0.25) is 0 Å². The molecule has 0 aromatic heterocycles. The second kappa shape index (κ2) is 22.9. The molecule has 0 aliphatic carbocycles. The zero-order chi connectivity index (χ0) is 43.7. The lowest BCUT2D eigenvalue weighted by atomic mass is 9.89. The van der Waals surface area contributed by atoms with E-state index < -0.39 is 6.10 Å². The quantitative estimate of drug-likeness (QED) is 0.0535. The van der Waals surface area contributed by atoms with E-state index in [-0.39, 0.29) is 20.0 Å². The van der Waals surface area contributed by atoms with Gasteiger partial charge in [-0.15, -0.1) is 0 Å². The molecule has 0 heterocycles. The number of methoxy groups -OCH3 is 2. The molecule has 1 atom stereocenters. The van der Waals surface area contributed by atoms with Gasteiger partial charge in [0.1, 0.15) is 55.5 Å². The Morgan fingerprint density at radius 1 is 0.468 bits per heavy atom. The highest BCUT2D eigenvalue weighted by molar-refractivity contribution is 5.65. The van der Waals surface area contributed by atoms with Gasteiger partial charge in [-0.3, -0.25) is 0 Å². The van der Waals surface area contributed by atoms with Crippen LogP contribution in [0.15, 0.2) is 157 Å². The van der Waals surface area contributed by atoms with Gasteiger partial charge in [0, 0.05) is 35.9 Å². The van der Waals surface area contributed by atoms with Crippen molar-refractivity contribution in [3.05, 3.63) is 201 Å². The molecule has 0 radical (unpaired) electrons. The van der Waals surface area contributed by atoms with E-state index in [9.17, 15) is 5.11 Å². The Hall–Kier alpha value is -6.48. The van der Waals surface area contributed by atoms with Crippen LogP contribution in [-0.4, -0.2) is 26.1 Å². The van der Waals surface area contributed by atoms with Gasteiger partial charge in [-0.2, -0.15) is 0 Å². The van der Waals surface area contributed by atoms with Crippen LogP contribution in [0.4, 0.5) is 0 Å². The fourth-order valence-corrected chi connectivity index (χ4v) is 6.99. The number of hydrogen-bond acceptors (Lipinski definition) is 8. The minimum Gasteiger partial charge on any atom is -0.493 e. The van der Waals surface area contributed by atoms with Gasteiger partial charge in [0.15, 0.2) is 18.3 Å². The fraction of sp³-hybridized carbons (Fsp3) is 0.259. The first-order valence-electron chi connectivity index (χ1n) is 20.9. The predicted octanol–water partition coefficient (Wildman–Crippen LogP) is 12.1. The summed E-state index contributed by atoms with van der Waals surface area (Å²) in [7, 11) is 3.19. The van der Waals surface area contributed by atoms with Gasteiger partial charge in [-0.05, 0) is 62.8 Å². The van der Waals surface area contributed by atoms with Crippen molar-refractivity contribution < 1.29 is 38.3 Å². The van der Waals surface area contributed by atoms with Crippen LogP contribution in [0, 0.1) is 0 Å².